The molecule has 0 saturated carbocycles. The lowest BCUT2D eigenvalue weighted by molar-refractivity contribution is -0.360. The van der Waals surface area contributed by atoms with Gasteiger partial charge in [-0.05, 0) is 24.3 Å². The van der Waals surface area contributed by atoms with Crippen molar-refractivity contribution < 1.29 is 41.3 Å². The largest absolute Gasteiger partial charge is 0.499 e. The summed E-state index contributed by atoms with van der Waals surface area (Å²) in [6, 6.07) is 10.7. The summed E-state index contributed by atoms with van der Waals surface area (Å²) in [5.74, 6) is -0.295. The van der Waals surface area contributed by atoms with Gasteiger partial charge in [0.25, 0.3) is 0 Å². The van der Waals surface area contributed by atoms with Crippen LogP contribution in [0.4, 0.5) is 27.9 Å². The monoisotopic (exact) mass is 484 g/mol. The summed E-state index contributed by atoms with van der Waals surface area (Å²) in [7, 11) is 0. The predicted octanol–water partition coefficient (Wildman–Crippen LogP) is 3.45. The van der Waals surface area contributed by atoms with Crippen molar-refractivity contribution in [3.05, 3.63) is 54.1 Å². The smallest absolute Gasteiger partial charge is 0.426 e. The Hall–Kier alpha value is -3.58. The number of aromatic nitrogens is 3. The van der Waals surface area contributed by atoms with Gasteiger partial charge in [-0.2, -0.15) is 31.6 Å². The van der Waals surface area contributed by atoms with Crippen LogP contribution in [0.25, 0.3) is 17.1 Å². The van der Waals surface area contributed by atoms with E-state index in [1.165, 1.54) is 16.8 Å². The lowest BCUT2D eigenvalue weighted by Crippen LogP contribution is -2.54. The maximum absolute atomic E-state index is 13.2. The lowest BCUT2D eigenvalue weighted by atomic mass is 10.0. The van der Waals surface area contributed by atoms with Crippen LogP contribution < -0.4 is 10.1 Å². The van der Waals surface area contributed by atoms with Gasteiger partial charge in [-0.1, -0.05) is 24.3 Å². The SMILES string of the molecule is O=Cc1ccc(-c2nc(NCC3(O)COC3)n(-c3ccc(OC(F)(F)C(F)(F)F)cc3)n2)cc1. The van der Waals surface area contributed by atoms with E-state index in [4.69, 9.17) is 4.74 Å². The van der Waals surface area contributed by atoms with Gasteiger partial charge in [0.05, 0.1) is 25.4 Å². The summed E-state index contributed by atoms with van der Waals surface area (Å²) in [5.41, 5.74) is 0.164. The van der Waals surface area contributed by atoms with Crippen LogP contribution in [0.5, 0.6) is 5.75 Å². The molecule has 0 radical (unpaired) electrons. The van der Waals surface area contributed by atoms with Crippen molar-refractivity contribution in [3.8, 4) is 22.8 Å². The van der Waals surface area contributed by atoms with Crippen LogP contribution in [0.1, 0.15) is 10.4 Å². The standard InChI is InChI=1S/C21H17F5N4O4/c22-20(23,24)21(25,26)34-16-7-5-15(6-8-16)30-18(27-10-19(32)11-33-12-19)28-17(29-30)14-3-1-13(9-31)2-4-14/h1-9,32H,10-12H2,(H,27,28,29). The highest BCUT2D eigenvalue weighted by Gasteiger charge is 2.61. The van der Waals surface area contributed by atoms with Gasteiger partial charge < -0.3 is 19.9 Å². The third kappa shape index (κ3) is 4.84. The molecule has 2 N–H and O–H groups in total. The first-order valence-electron chi connectivity index (χ1n) is 9.80. The molecule has 0 bridgehead atoms. The van der Waals surface area contributed by atoms with Gasteiger partial charge in [-0.15, -0.1) is 5.10 Å². The van der Waals surface area contributed by atoms with Crippen LogP contribution in [0, 0.1) is 0 Å². The quantitative estimate of drug-likeness (QED) is 0.373. The van der Waals surface area contributed by atoms with E-state index in [-0.39, 0.29) is 37.2 Å². The van der Waals surface area contributed by atoms with E-state index in [9.17, 15) is 31.9 Å². The van der Waals surface area contributed by atoms with E-state index < -0.39 is 23.6 Å². The number of carbonyl (C=O) groups excluding carboxylic acids is 1. The van der Waals surface area contributed by atoms with Gasteiger partial charge in [0, 0.05) is 11.1 Å². The number of aliphatic hydroxyl groups is 1. The average Bonchev–Trinajstić information content (AvgIpc) is 3.20. The second-order valence-electron chi connectivity index (χ2n) is 7.59. The number of hydrogen-bond donors (Lipinski definition) is 2. The molecule has 34 heavy (non-hydrogen) atoms. The highest BCUT2D eigenvalue weighted by Crippen LogP contribution is 2.37. The van der Waals surface area contributed by atoms with Crippen molar-refractivity contribution in [1.29, 1.82) is 0 Å². The molecule has 1 saturated heterocycles. The first-order valence-corrected chi connectivity index (χ1v) is 9.80. The van der Waals surface area contributed by atoms with Crippen molar-refractivity contribution in [2.24, 2.45) is 0 Å². The fourth-order valence-electron chi connectivity index (χ4n) is 2.98. The number of nitrogens with one attached hydrogen (secondary N) is 1. The van der Waals surface area contributed by atoms with Gasteiger partial charge in [0.2, 0.25) is 5.95 Å². The first-order chi connectivity index (χ1) is 16.0. The molecule has 0 amide bonds. The Labute approximate surface area is 188 Å². The molecule has 4 rings (SSSR count). The number of rotatable bonds is 8. The molecule has 1 aromatic heterocycles. The van der Waals surface area contributed by atoms with Crippen LogP contribution in [-0.2, 0) is 4.74 Å². The molecule has 2 aromatic carbocycles. The normalized spacial score (nSPS) is 15.5. The van der Waals surface area contributed by atoms with E-state index >= 15 is 0 Å². The Morgan fingerprint density at radius 1 is 1.09 bits per heavy atom. The Morgan fingerprint density at radius 2 is 1.74 bits per heavy atom. The van der Waals surface area contributed by atoms with Crippen LogP contribution in [0.2, 0.25) is 0 Å². The van der Waals surface area contributed by atoms with Gasteiger partial charge >= 0.3 is 12.3 Å². The number of benzene rings is 2. The Kier molecular flexibility index (Phi) is 6.00. The fourth-order valence-corrected chi connectivity index (χ4v) is 2.98. The summed E-state index contributed by atoms with van der Waals surface area (Å²) in [6.45, 7) is 0.301. The summed E-state index contributed by atoms with van der Waals surface area (Å²) in [6.07, 6.45) is -10.5. The molecule has 8 nitrogen and oxygen atoms in total. The van der Waals surface area contributed by atoms with Crippen LogP contribution in [-0.4, -0.2) is 63.8 Å². The Balaban J connectivity index is 1.63. The van der Waals surface area contributed by atoms with E-state index in [1.54, 1.807) is 24.3 Å². The van der Waals surface area contributed by atoms with Crippen LogP contribution in [0.3, 0.4) is 0 Å². The van der Waals surface area contributed by atoms with E-state index in [0.29, 0.717) is 17.4 Å². The van der Waals surface area contributed by atoms with Gasteiger partial charge in [-0.25, -0.2) is 0 Å². The molecule has 1 aliphatic heterocycles. The number of carbonyl (C=O) groups is 1. The summed E-state index contributed by atoms with van der Waals surface area (Å²) < 4.78 is 73.6. The minimum atomic E-state index is -5.87. The maximum Gasteiger partial charge on any atom is 0.499 e. The fraction of sp³-hybridized carbons (Fsp3) is 0.286. The highest BCUT2D eigenvalue weighted by atomic mass is 19.4. The number of alkyl halides is 5. The zero-order valence-electron chi connectivity index (χ0n) is 17.2. The molecule has 0 aliphatic carbocycles. The summed E-state index contributed by atoms with van der Waals surface area (Å²) in [5, 5.41) is 17.6. The molecule has 13 heteroatoms. The topological polar surface area (TPSA) is 98.5 Å². The van der Waals surface area contributed by atoms with Crippen LogP contribution in [0.15, 0.2) is 48.5 Å². The number of anilines is 1. The van der Waals surface area contributed by atoms with Crippen molar-refractivity contribution >= 4 is 12.2 Å². The minimum absolute atomic E-state index is 0.0637. The minimum Gasteiger partial charge on any atom is -0.426 e. The third-order valence-corrected chi connectivity index (χ3v) is 4.89. The number of nitrogens with zero attached hydrogens (tertiary/aromatic N) is 3. The maximum atomic E-state index is 13.2. The average molecular weight is 484 g/mol. The highest BCUT2D eigenvalue weighted by molar-refractivity contribution is 5.76. The molecule has 2 heterocycles. The second-order valence-corrected chi connectivity index (χ2v) is 7.59. The van der Waals surface area contributed by atoms with Crippen LogP contribution >= 0.6 is 0 Å². The first kappa shape index (κ1) is 23.6. The number of hydrogen-bond acceptors (Lipinski definition) is 7. The summed E-state index contributed by atoms with van der Waals surface area (Å²) in [4.78, 5) is 15.3. The molecular weight excluding hydrogens is 467 g/mol. The molecule has 0 atom stereocenters. The third-order valence-electron chi connectivity index (χ3n) is 4.89. The number of ether oxygens (including phenoxy) is 2. The molecule has 0 unspecified atom stereocenters. The van der Waals surface area contributed by atoms with Crippen molar-refractivity contribution in [3.63, 3.8) is 0 Å². The van der Waals surface area contributed by atoms with E-state index in [0.717, 1.165) is 12.1 Å². The van der Waals surface area contributed by atoms with Gasteiger partial charge in [0.15, 0.2) is 5.82 Å². The molecule has 180 valence electrons. The second kappa shape index (κ2) is 8.65. The van der Waals surface area contributed by atoms with E-state index in [1.807, 2.05) is 0 Å². The van der Waals surface area contributed by atoms with Gasteiger partial charge in [-0.3, -0.25) is 4.79 Å². The number of aldehydes is 1. The zero-order chi connectivity index (χ0) is 24.6. The predicted molar refractivity (Wildman–Crippen MR) is 108 cm³/mol. The Bertz CT molecular complexity index is 1160. The lowest BCUT2D eigenvalue weighted by Gasteiger charge is -2.36. The zero-order valence-corrected chi connectivity index (χ0v) is 17.2. The number of halogens is 5. The summed E-state index contributed by atoms with van der Waals surface area (Å²) >= 11 is 0. The van der Waals surface area contributed by atoms with Crippen molar-refractivity contribution in [1.82, 2.24) is 14.8 Å². The Morgan fingerprint density at radius 3 is 2.26 bits per heavy atom. The molecule has 1 fully saturated rings. The molecule has 3 aromatic rings. The van der Waals surface area contributed by atoms with Crippen molar-refractivity contribution in [2.75, 3.05) is 25.1 Å². The molecule has 0 spiro atoms. The van der Waals surface area contributed by atoms with Gasteiger partial charge in [0.1, 0.15) is 17.6 Å². The molecule has 1 aliphatic rings. The van der Waals surface area contributed by atoms with Crippen molar-refractivity contribution in [2.45, 2.75) is 17.9 Å². The van der Waals surface area contributed by atoms with E-state index in [2.05, 4.69) is 20.1 Å². The molecular formula is C21H17F5N4O4.